The molecule has 1 heterocycles. The van der Waals surface area contributed by atoms with Crippen molar-refractivity contribution < 1.29 is 9.53 Å². The SMILES string of the molecule is Cc1cc(OC(=O)C2CCNCC2)cc(C)c1Cl. The van der Waals surface area contributed by atoms with Crippen LogP contribution in [0.25, 0.3) is 0 Å². The van der Waals surface area contributed by atoms with Gasteiger partial charge in [-0.25, -0.2) is 0 Å². The molecule has 0 atom stereocenters. The normalized spacial score (nSPS) is 16.6. The van der Waals surface area contributed by atoms with Crippen LogP contribution in [0.2, 0.25) is 5.02 Å². The Morgan fingerprint density at radius 3 is 2.39 bits per heavy atom. The van der Waals surface area contributed by atoms with Gasteiger partial charge >= 0.3 is 5.97 Å². The molecule has 0 unspecified atom stereocenters. The molecule has 2 rings (SSSR count). The van der Waals surface area contributed by atoms with Gasteiger partial charge in [-0.05, 0) is 63.0 Å². The van der Waals surface area contributed by atoms with Crippen molar-refractivity contribution in [1.29, 1.82) is 0 Å². The molecule has 18 heavy (non-hydrogen) atoms. The summed E-state index contributed by atoms with van der Waals surface area (Å²) in [5.74, 6) is 0.484. The highest BCUT2D eigenvalue weighted by Gasteiger charge is 2.23. The largest absolute Gasteiger partial charge is 0.426 e. The van der Waals surface area contributed by atoms with Crippen molar-refractivity contribution >= 4 is 17.6 Å². The summed E-state index contributed by atoms with van der Waals surface area (Å²) in [4.78, 5) is 12.0. The maximum atomic E-state index is 12.0. The van der Waals surface area contributed by atoms with E-state index in [1.807, 2.05) is 26.0 Å². The fourth-order valence-electron chi connectivity index (χ4n) is 2.22. The minimum absolute atomic E-state index is 0.0162. The summed E-state index contributed by atoms with van der Waals surface area (Å²) in [5, 5.41) is 3.97. The third kappa shape index (κ3) is 3.03. The molecule has 0 amide bonds. The maximum Gasteiger partial charge on any atom is 0.314 e. The number of piperidine rings is 1. The van der Waals surface area contributed by atoms with E-state index in [0.717, 1.165) is 42.1 Å². The Bertz CT molecular complexity index is 430. The van der Waals surface area contributed by atoms with Gasteiger partial charge in [-0.3, -0.25) is 4.79 Å². The molecular formula is C14H18ClNO2. The standard InChI is InChI=1S/C14H18ClNO2/c1-9-7-12(8-10(2)13(9)15)18-14(17)11-3-5-16-6-4-11/h7-8,11,16H,3-6H2,1-2H3. The number of aryl methyl sites for hydroxylation is 2. The Morgan fingerprint density at radius 1 is 1.28 bits per heavy atom. The van der Waals surface area contributed by atoms with E-state index in [-0.39, 0.29) is 11.9 Å². The van der Waals surface area contributed by atoms with Crippen LogP contribution in [0.1, 0.15) is 24.0 Å². The van der Waals surface area contributed by atoms with Crippen molar-refractivity contribution in [2.45, 2.75) is 26.7 Å². The minimum Gasteiger partial charge on any atom is -0.426 e. The van der Waals surface area contributed by atoms with Crippen LogP contribution in [-0.4, -0.2) is 19.1 Å². The van der Waals surface area contributed by atoms with E-state index in [2.05, 4.69) is 5.32 Å². The van der Waals surface area contributed by atoms with E-state index in [4.69, 9.17) is 16.3 Å². The molecule has 0 radical (unpaired) electrons. The van der Waals surface area contributed by atoms with Crippen LogP contribution in [0.15, 0.2) is 12.1 Å². The number of rotatable bonds is 2. The second kappa shape index (κ2) is 5.72. The van der Waals surface area contributed by atoms with Gasteiger partial charge in [0.2, 0.25) is 0 Å². The molecule has 1 aliphatic rings. The molecule has 1 saturated heterocycles. The van der Waals surface area contributed by atoms with Crippen LogP contribution in [0.4, 0.5) is 0 Å². The first-order chi connectivity index (χ1) is 8.58. The Morgan fingerprint density at radius 2 is 1.83 bits per heavy atom. The van der Waals surface area contributed by atoms with Crippen LogP contribution in [-0.2, 0) is 4.79 Å². The van der Waals surface area contributed by atoms with Crippen LogP contribution in [0.3, 0.4) is 0 Å². The van der Waals surface area contributed by atoms with Crippen molar-refractivity contribution in [2.75, 3.05) is 13.1 Å². The summed E-state index contributed by atoms with van der Waals surface area (Å²) >= 11 is 6.09. The fourth-order valence-corrected chi connectivity index (χ4v) is 2.33. The predicted molar refractivity (Wildman–Crippen MR) is 72.2 cm³/mol. The molecule has 3 nitrogen and oxygen atoms in total. The zero-order valence-corrected chi connectivity index (χ0v) is 11.5. The minimum atomic E-state index is -0.127. The number of carbonyl (C=O) groups excluding carboxylic acids is 1. The molecule has 4 heteroatoms. The second-order valence-corrected chi connectivity index (χ2v) is 5.19. The third-order valence-electron chi connectivity index (χ3n) is 3.30. The molecule has 0 bridgehead atoms. The van der Waals surface area contributed by atoms with E-state index in [1.54, 1.807) is 0 Å². The smallest absolute Gasteiger partial charge is 0.314 e. The first-order valence-corrected chi connectivity index (χ1v) is 6.65. The molecule has 98 valence electrons. The summed E-state index contributed by atoms with van der Waals surface area (Å²) < 4.78 is 5.45. The highest BCUT2D eigenvalue weighted by molar-refractivity contribution is 6.32. The lowest BCUT2D eigenvalue weighted by Gasteiger charge is -2.21. The number of hydrogen-bond acceptors (Lipinski definition) is 3. The number of ether oxygens (including phenoxy) is 1. The van der Waals surface area contributed by atoms with Gasteiger partial charge in [0.1, 0.15) is 5.75 Å². The Balaban J connectivity index is 2.06. The molecule has 1 aromatic rings. The summed E-state index contributed by atoms with van der Waals surface area (Å²) in [6.07, 6.45) is 1.70. The van der Waals surface area contributed by atoms with Gasteiger partial charge in [0.15, 0.2) is 0 Å². The molecule has 0 aliphatic carbocycles. The molecule has 1 aliphatic heterocycles. The van der Waals surface area contributed by atoms with E-state index in [0.29, 0.717) is 5.75 Å². The van der Waals surface area contributed by atoms with E-state index < -0.39 is 0 Å². The average Bonchev–Trinajstić information content (AvgIpc) is 2.37. The zero-order valence-electron chi connectivity index (χ0n) is 10.8. The number of carbonyl (C=O) groups is 1. The number of halogens is 1. The molecule has 0 spiro atoms. The number of nitrogens with one attached hydrogen (secondary N) is 1. The number of hydrogen-bond donors (Lipinski definition) is 1. The van der Waals surface area contributed by atoms with Gasteiger partial charge in [-0.2, -0.15) is 0 Å². The highest BCUT2D eigenvalue weighted by Crippen LogP contribution is 2.27. The van der Waals surface area contributed by atoms with Gasteiger partial charge in [0.25, 0.3) is 0 Å². The fraction of sp³-hybridized carbons (Fsp3) is 0.500. The van der Waals surface area contributed by atoms with Crippen molar-refractivity contribution in [3.8, 4) is 5.75 Å². The van der Waals surface area contributed by atoms with Gasteiger partial charge in [-0.15, -0.1) is 0 Å². The predicted octanol–water partition coefficient (Wildman–Crippen LogP) is 2.86. The average molecular weight is 268 g/mol. The Labute approximate surface area is 112 Å². The number of benzene rings is 1. The molecule has 1 fully saturated rings. The summed E-state index contributed by atoms with van der Waals surface area (Å²) in [6, 6.07) is 3.63. The Kier molecular flexibility index (Phi) is 4.25. The lowest BCUT2D eigenvalue weighted by atomic mass is 9.98. The third-order valence-corrected chi connectivity index (χ3v) is 3.90. The summed E-state index contributed by atoms with van der Waals surface area (Å²) in [6.45, 7) is 5.60. The van der Waals surface area contributed by atoms with Gasteiger partial charge in [0.05, 0.1) is 5.92 Å². The molecule has 0 saturated carbocycles. The van der Waals surface area contributed by atoms with Crippen LogP contribution >= 0.6 is 11.6 Å². The van der Waals surface area contributed by atoms with Gasteiger partial charge in [0, 0.05) is 5.02 Å². The van der Waals surface area contributed by atoms with E-state index in [9.17, 15) is 4.79 Å². The summed E-state index contributed by atoms with van der Waals surface area (Å²) in [5.41, 5.74) is 1.87. The lowest BCUT2D eigenvalue weighted by Crippen LogP contribution is -2.33. The second-order valence-electron chi connectivity index (χ2n) is 4.82. The van der Waals surface area contributed by atoms with Gasteiger partial charge < -0.3 is 10.1 Å². The quantitative estimate of drug-likeness (QED) is 0.661. The maximum absolute atomic E-state index is 12.0. The molecule has 0 aromatic heterocycles. The molecule has 1 N–H and O–H groups in total. The van der Waals surface area contributed by atoms with Gasteiger partial charge in [-0.1, -0.05) is 11.6 Å². The van der Waals surface area contributed by atoms with Crippen LogP contribution in [0.5, 0.6) is 5.75 Å². The van der Waals surface area contributed by atoms with Crippen LogP contribution < -0.4 is 10.1 Å². The first-order valence-electron chi connectivity index (χ1n) is 6.27. The lowest BCUT2D eigenvalue weighted by molar-refractivity contribution is -0.139. The van der Waals surface area contributed by atoms with Crippen molar-refractivity contribution in [3.05, 3.63) is 28.3 Å². The Hall–Kier alpha value is -1.06. The van der Waals surface area contributed by atoms with E-state index >= 15 is 0 Å². The molecule has 1 aromatic carbocycles. The summed E-state index contributed by atoms with van der Waals surface area (Å²) in [7, 11) is 0. The zero-order chi connectivity index (χ0) is 13.1. The van der Waals surface area contributed by atoms with Crippen LogP contribution in [0, 0.1) is 19.8 Å². The monoisotopic (exact) mass is 267 g/mol. The van der Waals surface area contributed by atoms with Crippen molar-refractivity contribution in [3.63, 3.8) is 0 Å². The van der Waals surface area contributed by atoms with Crippen molar-refractivity contribution in [1.82, 2.24) is 5.32 Å². The van der Waals surface area contributed by atoms with Crippen molar-refractivity contribution in [2.24, 2.45) is 5.92 Å². The number of esters is 1. The van der Waals surface area contributed by atoms with E-state index in [1.165, 1.54) is 0 Å². The topological polar surface area (TPSA) is 38.3 Å². The molecular weight excluding hydrogens is 250 g/mol. The highest BCUT2D eigenvalue weighted by atomic mass is 35.5. The first kappa shape index (κ1) is 13.4.